The Kier molecular flexibility index (Phi) is 3.52. The number of aryl methyl sites for hydroxylation is 1. The molecule has 2 atom stereocenters. The molecule has 108 valence electrons. The predicted molar refractivity (Wildman–Crippen MR) is 77.5 cm³/mol. The lowest BCUT2D eigenvalue weighted by molar-refractivity contribution is -0.123. The third kappa shape index (κ3) is 2.34. The molecule has 1 saturated carbocycles. The summed E-state index contributed by atoms with van der Waals surface area (Å²) in [5.41, 5.74) is 2.02. The van der Waals surface area contributed by atoms with E-state index in [2.05, 4.69) is 29.7 Å². The summed E-state index contributed by atoms with van der Waals surface area (Å²) >= 11 is 0. The van der Waals surface area contributed by atoms with E-state index in [1.54, 1.807) is 0 Å². The van der Waals surface area contributed by atoms with E-state index in [9.17, 15) is 9.90 Å². The molecule has 1 aliphatic heterocycles. The van der Waals surface area contributed by atoms with Crippen molar-refractivity contribution in [3.8, 4) is 0 Å². The van der Waals surface area contributed by atoms with Gasteiger partial charge >= 0.3 is 0 Å². The first-order valence-corrected chi connectivity index (χ1v) is 7.37. The van der Waals surface area contributed by atoms with Gasteiger partial charge in [0.1, 0.15) is 0 Å². The van der Waals surface area contributed by atoms with E-state index in [0.29, 0.717) is 13.1 Å². The van der Waals surface area contributed by atoms with Crippen LogP contribution in [0.4, 0.5) is 0 Å². The van der Waals surface area contributed by atoms with Crippen molar-refractivity contribution in [2.75, 3.05) is 19.6 Å². The molecule has 1 aliphatic carbocycles. The van der Waals surface area contributed by atoms with Crippen molar-refractivity contribution in [3.63, 3.8) is 0 Å². The van der Waals surface area contributed by atoms with Gasteiger partial charge in [-0.05, 0) is 30.9 Å². The molecular formula is C16H22N2O2. The number of hydrogen-bond donors (Lipinski definition) is 3. The molecule has 2 aliphatic rings. The minimum Gasteiger partial charge on any atom is -0.391 e. The van der Waals surface area contributed by atoms with E-state index < -0.39 is 0 Å². The molecule has 0 spiro atoms. The van der Waals surface area contributed by atoms with Gasteiger partial charge in [-0.15, -0.1) is 0 Å². The maximum atomic E-state index is 12.5. The Balaban J connectivity index is 1.66. The van der Waals surface area contributed by atoms with Gasteiger partial charge in [-0.25, -0.2) is 0 Å². The SMILES string of the molecule is Cc1ccccc1C1(C(=O)NCC2CNCC2O)CC1. The van der Waals surface area contributed by atoms with Crippen LogP contribution >= 0.6 is 0 Å². The Morgan fingerprint density at radius 2 is 2.15 bits per heavy atom. The second-order valence-electron chi connectivity index (χ2n) is 6.09. The maximum Gasteiger partial charge on any atom is 0.230 e. The summed E-state index contributed by atoms with van der Waals surface area (Å²) in [4.78, 5) is 12.5. The van der Waals surface area contributed by atoms with Gasteiger partial charge in [-0.3, -0.25) is 4.79 Å². The highest BCUT2D eigenvalue weighted by atomic mass is 16.3. The summed E-state index contributed by atoms with van der Waals surface area (Å²) in [6, 6.07) is 8.13. The molecular weight excluding hydrogens is 252 g/mol. The highest BCUT2D eigenvalue weighted by Crippen LogP contribution is 2.49. The van der Waals surface area contributed by atoms with Gasteiger partial charge < -0.3 is 15.7 Å². The molecule has 0 aromatic heterocycles. The largest absolute Gasteiger partial charge is 0.391 e. The Hall–Kier alpha value is -1.39. The van der Waals surface area contributed by atoms with Crippen molar-refractivity contribution in [3.05, 3.63) is 35.4 Å². The number of nitrogens with one attached hydrogen (secondary N) is 2. The Morgan fingerprint density at radius 1 is 1.40 bits per heavy atom. The van der Waals surface area contributed by atoms with Gasteiger partial charge in [-0.2, -0.15) is 0 Å². The lowest BCUT2D eigenvalue weighted by Crippen LogP contribution is -2.40. The smallest absolute Gasteiger partial charge is 0.230 e. The summed E-state index contributed by atoms with van der Waals surface area (Å²) in [6.07, 6.45) is 1.51. The molecule has 1 amide bonds. The fourth-order valence-corrected chi connectivity index (χ4v) is 3.17. The van der Waals surface area contributed by atoms with E-state index in [1.807, 2.05) is 12.1 Å². The first-order chi connectivity index (χ1) is 9.63. The molecule has 2 unspecified atom stereocenters. The molecule has 0 radical (unpaired) electrons. The minimum absolute atomic E-state index is 0.117. The van der Waals surface area contributed by atoms with Crippen LogP contribution in [0.1, 0.15) is 24.0 Å². The van der Waals surface area contributed by atoms with Crippen LogP contribution < -0.4 is 10.6 Å². The Labute approximate surface area is 119 Å². The Bertz CT molecular complexity index is 511. The molecule has 1 saturated heterocycles. The van der Waals surface area contributed by atoms with Crippen molar-refractivity contribution >= 4 is 5.91 Å². The summed E-state index contributed by atoms with van der Waals surface area (Å²) in [7, 11) is 0. The van der Waals surface area contributed by atoms with E-state index in [-0.39, 0.29) is 23.3 Å². The van der Waals surface area contributed by atoms with E-state index in [4.69, 9.17) is 0 Å². The van der Waals surface area contributed by atoms with Crippen molar-refractivity contribution in [1.29, 1.82) is 0 Å². The molecule has 3 rings (SSSR count). The molecule has 1 aromatic rings. The monoisotopic (exact) mass is 274 g/mol. The van der Waals surface area contributed by atoms with Gasteiger partial charge in [0.05, 0.1) is 11.5 Å². The number of rotatable bonds is 4. The lowest BCUT2D eigenvalue weighted by atomic mass is 9.91. The summed E-state index contributed by atoms with van der Waals surface area (Å²) < 4.78 is 0. The van der Waals surface area contributed by atoms with Crippen molar-refractivity contribution in [2.45, 2.75) is 31.3 Å². The average Bonchev–Trinajstić information content (AvgIpc) is 3.15. The molecule has 3 N–H and O–H groups in total. The van der Waals surface area contributed by atoms with Crippen LogP contribution in [0.5, 0.6) is 0 Å². The van der Waals surface area contributed by atoms with Gasteiger partial charge in [0, 0.05) is 25.6 Å². The van der Waals surface area contributed by atoms with Gasteiger partial charge in [0.2, 0.25) is 5.91 Å². The van der Waals surface area contributed by atoms with Gasteiger partial charge in [0.25, 0.3) is 0 Å². The fraction of sp³-hybridized carbons (Fsp3) is 0.562. The summed E-state index contributed by atoms with van der Waals surface area (Å²) in [5.74, 6) is 0.248. The quantitative estimate of drug-likeness (QED) is 0.758. The zero-order valence-corrected chi connectivity index (χ0v) is 11.9. The van der Waals surface area contributed by atoms with Crippen LogP contribution in [0.25, 0.3) is 0 Å². The topological polar surface area (TPSA) is 61.4 Å². The number of hydrogen-bond acceptors (Lipinski definition) is 3. The normalized spacial score (nSPS) is 27.3. The molecule has 2 fully saturated rings. The van der Waals surface area contributed by atoms with Crippen LogP contribution in [0, 0.1) is 12.8 Å². The van der Waals surface area contributed by atoms with Crippen molar-refractivity contribution in [2.24, 2.45) is 5.92 Å². The standard InChI is InChI=1S/C16H22N2O2/c1-11-4-2-3-5-13(11)16(6-7-16)15(20)18-9-12-8-17-10-14(12)19/h2-5,12,14,17,19H,6-10H2,1H3,(H,18,20). The van der Waals surface area contributed by atoms with Crippen LogP contribution in [-0.4, -0.2) is 36.8 Å². The lowest BCUT2D eigenvalue weighted by Gasteiger charge is -2.20. The number of aliphatic hydroxyl groups excluding tert-OH is 1. The zero-order chi connectivity index (χ0) is 14.2. The van der Waals surface area contributed by atoms with Crippen molar-refractivity contribution < 1.29 is 9.90 Å². The first kappa shape index (κ1) is 13.6. The van der Waals surface area contributed by atoms with Crippen LogP contribution in [0.3, 0.4) is 0 Å². The van der Waals surface area contributed by atoms with Crippen molar-refractivity contribution in [1.82, 2.24) is 10.6 Å². The molecule has 4 nitrogen and oxygen atoms in total. The molecule has 1 heterocycles. The third-order valence-electron chi connectivity index (χ3n) is 4.67. The first-order valence-electron chi connectivity index (χ1n) is 7.37. The number of benzene rings is 1. The molecule has 0 bridgehead atoms. The van der Waals surface area contributed by atoms with E-state index >= 15 is 0 Å². The summed E-state index contributed by atoms with van der Waals surface area (Å²) in [5, 5.41) is 16.0. The second kappa shape index (κ2) is 5.19. The minimum atomic E-state index is -0.344. The zero-order valence-electron chi connectivity index (χ0n) is 11.9. The molecule has 20 heavy (non-hydrogen) atoms. The third-order valence-corrected chi connectivity index (χ3v) is 4.67. The summed E-state index contributed by atoms with van der Waals surface area (Å²) in [6.45, 7) is 4.02. The van der Waals surface area contributed by atoms with Crippen LogP contribution in [0.15, 0.2) is 24.3 Å². The number of amides is 1. The molecule has 4 heteroatoms. The average molecular weight is 274 g/mol. The van der Waals surface area contributed by atoms with Gasteiger partial charge in [-0.1, -0.05) is 24.3 Å². The van der Waals surface area contributed by atoms with Crippen LogP contribution in [-0.2, 0) is 10.2 Å². The number of carbonyl (C=O) groups excluding carboxylic acids is 1. The highest BCUT2D eigenvalue weighted by molar-refractivity contribution is 5.91. The van der Waals surface area contributed by atoms with E-state index in [0.717, 1.165) is 24.9 Å². The predicted octanol–water partition coefficient (Wildman–Crippen LogP) is 0.723. The number of β-amino-alcohol motifs (C(OH)–C–C–N with tert-alkyl or cyclic N) is 1. The number of carbonyl (C=O) groups is 1. The second-order valence-corrected chi connectivity index (χ2v) is 6.09. The highest BCUT2D eigenvalue weighted by Gasteiger charge is 2.51. The number of aliphatic hydroxyl groups is 1. The van der Waals surface area contributed by atoms with E-state index in [1.165, 1.54) is 5.56 Å². The van der Waals surface area contributed by atoms with Gasteiger partial charge in [0.15, 0.2) is 0 Å². The maximum absolute atomic E-state index is 12.5. The Morgan fingerprint density at radius 3 is 2.75 bits per heavy atom. The molecule has 1 aromatic carbocycles. The fourth-order valence-electron chi connectivity index (χ4n) is 3.17. The van der Waals surface area contributed by atoms with Crippen LogP contribution in [0.2, 0.25) is 0 Å².